The van der Waals surface area contributed by atoms with Crippen molar-refractivity contribution in [3.05, 3.63) is 62.8 Å². The minimum absolute atomic E-state index is 0.0626. The van der Waals surface area contributed by atoms with E-state index in [1.165, 1.54) is 28.2 Å². The second-order valence-electron chi connectivity index (χ2n) is 5.24. The highest BCUT2D eigenvalue weighted by Gasteiger charge is 2.34. The van der Waals surface area contributed by atoms with Gasteiger partial charge in [0, 0.05) is 28.4 Å². The van der Waals surface area contributed by atoms with Gasteiger partial charge in [0.05, 0.1) is 27.6 Å². The first-order chi connectivity index (χ1) is 10.7. The van der Waals surface area contributed by atoms with E-state index in [4.69, 9.17) is 5.73 Å². The summed E-state index contributed by atoms with van der Waals surface area (Å²) in [6, 6.07) is 14.8. The highest BCUT2D eigenvalue weighted by molar-refractivity contribution is 8.03. The van der Waals surface area contributed by atoms with Gasteiger partial charge in [0.15, 0.2) is 0 Å². The molecule has 4 rings (SSSR count). The molecular formula is C17H13N3S2. The van der Waals surface area contributed by atoms with Crippen LogP contribution in [0.15, 0.2) is 57.4 Å². The van der Waals surface area contributed by atoms with Crippen molar-refractivity contribution in [3.8, 4) is 6.07 Å². The Morgan fingerprint density at radius 3 is 2.77 bits per heavy atom. The molecule has 0 unspecified atom stereocenters. The van der Waals surface area contributed by atoms with Crippen LogP contribution in [-0.4, -0.2) is 4.57 Å². The molecule has 0 radical (unpaired) electrons. The van der Waals surface area contributed by atoms with E-state index in [-0.39, 0.29) is 5.92 Å². The molecule has 1 atom stereocenters. The molecule has 2 aromatic heterocycles. The van der Waals surface area contributed by atoms with Crippen LogP contribution in [0.25, 0.3) is 10.9 Å². The number of fused-ring (bicyclic) bond motifs is 3. The summed E-state index contributed by atoms with van der Waals surface area (Å²) in [5.41, 5.74) is 9.25. The number of nitriles is 1. The fraction of sp³-hybridized carbons (Fsp3) is 0.118. The number of hydrogen-bond donors (Lipinski definition) is 1. The predicted molar refractivity (Wildman–Crippen MR) is 91.8 cm³/mol. The lowest BCUT2D eigenvalue weighted by Gasteiger charge is -2.23. The third-order valence-corrected chi connectivity index (χ3v) is 6.15. The maximum atomic E-state index is 9.63. The van der Waals surface area contributed by atoms with Crippen LogP contribution < -0.4 is 5.73 Å². The summed E-state index contributed by atoms with van der Waals surface area (Å²) < 4.78 is 2.18. The Hall–Kier alpha value is -2.16. The van der Waals surface area contributed by atoms with Crippen molar-refractivity contribution < 1.29 is 0 Å². The van der Waals surface area contributed by atoms with Crippen LogP contribution in [0.3, 0.4) is 0 Å². The maximum absolute atomic E-state index is 9.63. The van der Waals surface area contributed by atoms with Crippen molar-refractivity contribution in [2.24, 2.45) is 12.8 Å². The summed E-state index contributed by atoms with van der Waals surface area (Å²) in [5.74, 6) is -0.0626. The van der Waals surface area contributed by atoms with Crippen LogP contribution in [0.4, 0.5) is 0 Å². The van der Waals surface area contributed by atoms with Crippen molar-refractivity contribution >= 4 is 34.0 Å². The predicted octanol–water partition coefficient (Wildman–Crippen LogP) is 4.17. The number of para-hydroxylation sites is 1. The van der Waals surface area contributed by atoms with E-state index in [0.717, 1.165) is 9.90 Å². The van der Waals surface area contributed by atoms with Gasteiger partial charge in [-0.05, 0) is 17.5 Å². The zero-order chi connectivity index (χ0) is 15.3. The van der Waals surface area contributed by atoms with Crippen LogP contribution >= 0.6 is 23.1 Å². The quantitative estimate of drug-likeness (QED) is 0.731. The van der Waals surface area contributed by atoms with Gasteiger partial charge in [0.25, 0.3) is 0 Å². The number of benzene rings is 1. The lowest BCUT2D eigenvalue weighted by atomic mass is 9.90. The third-order valence-electron chi connectivity index (χ3n) is 4.09. The molecule has 0 bridgehead atoms. The van der Waals surface area contributed by atoms with Crippen LogP contribution in [0, 0.1) is 11.3 Å². The summed E-state index contributed by atoms with van der Waals surface area (Å²) >= 11 is 3.17. The minimum Gasteiger partial charge on any atom is -0.392 e. The lowest BCUT2D eigenvalue weighted by molar-refractivity contribution is 0.817. The molecule has 0 fully saturated rings. The van der Waals surface area contributed by atoms with Crippen molar-refractivity contribution in [1.29, 1.82) is 5.26 Å². The average molecular weight is 323 g/mol. The summed E-state index contributed by atoms with van der Waals surface area (Å²) in [7, 11) is 2.06. The fourth-order valence-electron chi connectivity index (χ4n) is 3.11. The zero-order valence-electron chi connectivity index (χ0n) is 11.9. The zero-order valence-corrected chi connectivity index (χ0v) is 13.5. The second-order valence-corrected chi connectivity index (χ2v) is 7.25. The monoisotopic (exact) mass is 323 g/mol. The molecule has 0 aliphatic carbocycles. The summed E-state index contributed by atoms with van der Waals surface area (Å²) in [4.78, 5) is 1.16. The van der Waals surface area contributed by atoms with Gasteiger partial charge in [-0.1, -0.05) is 36.0 Å². The number of hydrogen-bond acceptors (Lipinski definition) is 4. The molecular weight excluding hydrogens is 310 g/mol. The standard InChI is InChI=1S/C17H13N3S2/c1-20-12-6-3-2-5-10(12)15-14(13-7-4-8-21-13)11(9-18)16(19)22-17(15)20/h2-8,14H,19H2,1H3/t14-/m1/s1. The molecule has 22 heavy (non-hydrogen) atoms. The first-order valence-electron chi connectivity index (χ1n) is 6.90. The van der Waals surface area contributed by atoms with Gasteiger partial charge in [-0.2, -0.15) is 5.26 Å². The molecule has 0 saturated heterocycles. The minimum atomic E-state index is -0.0626. The molecule has 3 nitrogen and oxygen atoms in total. The van der Waals surface area contributed by atoms with E-state index in [9.17, 15) is 5.26 Å². The molecule has 3 aromatic rings. The van der Waals surface area contributed by atoms with Gasteiger partial charge in [-0.25, -0.2) is 0 Å². The molecule has 1 aromatic carbocycles. The van der Waals surface area contributed by atoms with Crippen LogP contribution in [0.5, 0.6) is 0 Å². The first kappa shape index (κ1) is 13.5. The maximum Gasteiger partial charge on any atom is 0.0985 e. The van der Waals surface area contributed by atoms with Crippen LogP contribution in [0.1, 0.15) is 16.4 Å². The third kappa shape index (κ3) is 1.75. The Bertz CT molecular complexity index is 942. The molecule has 1 aliphatic heterocycles. The number of aryl methyl sites for hydroxylation is 1. The number of allylic oxidation sites excluding steroid dienone is 1. The largest absolute Gasteiger partial charge is 0.392 e. The van der Waals surface area contributed by atoms with E-state index in [1.54, 1.807) is 11.3 Å². The highest BCUT2D eigenvalue weighted by Crippen LogP contribution is 2.50. The van der Waals surface area contributed by atoms with E-state index in [0.29, 0.717) is 10.6 Å². The number of thiophene rings is 1. The molecule has 2 N–H and O–H groups in total. The molecule has 5 heteroatoms. The van der Waals surface area contributed by atoms with Gasteiger partial charge >= 0.3 is 0 Å². The van der Waals surface area contributed by atoms with E-state index < -0.39 is 0 Å². The fourth-order valence-corrected chi connectivity index (χ4v) is 5.00. The number of nitrogens with zero attached hydrogens (tertiary/aromatic N) is 2. The molecule has 1 aliphatic rings. The Labute approximate surface area is 136 Å². The van der Waals surface area contributed by atoms with Crippen LogP contribution in [-0.2, 0) is 7.05 Å². The van der Waals surface area contributed by atoms with Crippen molar-refractivity contribution in [3.63, 3.8) is 0 Å². The Balaban J connectivity index is 2.10. The van der Waals surface area contributed by atoms with Gasteiger partial charge in [0.1, 0.15) is 0 Å². The number of aromatic nitrogens is 1. The Morgan fingerprint density at radius 2 is 2.05 bits per heavy atom. The summed E-state index contributed by atoms with van der Waals surface area (Å²) in [5, 5.41) is 14.6. The average Bonchev–Trinajstić information content (AvgIpc) is 3.15. The van der Waals surface area contributed by atoms with Crippen LogP contribution in [0.2, 0.25) is 0 Å². The molecule has 0 spiro atoms. The van der Waals surface area contributed by atoms with Gasteiger partial charge in [-0.15, -0.1) is 11.3 Å². The summed E-state index contributed by atoms with van der Waals surface area (Å²) in [6.07, 6.45) is 0. The van der Waals surface area contributed by atoms with E-state index in [1.807, 2.05) is 23.6 Å². The van der Waals surface area contributed by atoms with E-state index in [2.05, 4.69) is 35.9 Å². The van der Waals surface area contributed by atoms with Gasteiger partial charge in [0.2, 0.25) is 0 Å². The SMILES string of the molecule is Cn1c2c(c3ccccc31)[C@@H](c1cccs1)C(C#N)=C(N)S2. The lowest BCUT2D eigenvalue weighted by Crippen LogP contribution is -2.14. The summed E-state index contributed by atoms with van der Waals surface area (Å²) in [6.45, 7) is 0. The Morgan fingerprint density at radius 1 is 1.23 bits per heavy atom. The molecule has 0 amide bonds. The highest BCUT2D eigenvalue weighted by atomic mass is 32.2. The van der Waals surface area contributed by atoms with E-state index >= 15 is 0 Å². The first-order valence-corrected chi connectivity index (χ1v) is 8.60. The Kier molecular flexibility index (Phi) is 3.03. The van der Waals surface area contributed by atoms with Gasteiger partial charge in [-0.3, -0.25) is 0 Å². The number of rotatable bonds is 1. The number of nitrogens with two attached hydrogens (primary N) is 1. The van der Waals surface area contributed by atoms with Crippen molar-refractivity contribution in [1.82, 2.24) is 4.57 Å². The normalized spacial score (nSPS) is 17.5. The van der Waals surface area contributed by atoms with Crippen molar-refractivity contribution in [2.45, 2.75) is 10.9 Å². The molecule has 3 heterocycles. The number of thioether (sulfide) groups is 1. The smallest absolute Gasteiger partial charge is 0.0985 e. The molecule has 0 saturated carbocycles. The topological polar surface area (TPSA) is 54.7 Å². The molecule has 108 valence electrons. The second kappa shape index (κ2) is 4.94. The van der Waals surface area contributed by atoms with Crippen molar-refractivity contribution in [2.75, 3.05) is 0 Å². The van der Waals surface area contributed by atoms with Gasteiger partial charge < -0.3 is 10.3 Å².